The second-order valence-corrected chi connectivity index (χ2v) is 6.24. The van der Waals surface area contributed by atoms with Gasteiger partial charge in [-0.2, -0.15) is 13.2 Å². The molecule has 0 fully saturated rings. The van der Waals surface area contributed by atoms with Crippen LogP contribution in [-0.4, -0.2) is 30.0 Å². The molecule has 0 aliphatic heterocycles. The van der Waals surface area contributed by atoms with Crippen molar-refractivity contribution in [1.82, 2.24) is 5.32 Å². The van der Waals surface area contributed by atoms with Gasteiger partial charge in [-0.3, -0.25) is 4.79 Å². The lowest BCUT2D eigenvalue weighted by atomic mass is 9.95. The molecule has 0 bridgehead atoms. The van der Waals surface area contributed by atoms with Crippen LogP contribution in [0.3, 0.4) is 0 Å². The zero-order chi connectivity index (χ0) is 17.7. The summed E-state index contributed by atoms with van der Waals surface area (Å²) in [5, 5.41) is 2.59. The number of thioether (sulfide) groups is 1. The number of carbonyl (C=O) groups is 2. The molecule has 0 saturated heterocycles. The van der Waals surface area contributed by atoms with Gasteiger partial charge in [0.1, 0.15) is 5.54 Å². The first-order chi connectivity index (χ1) is 10.6. The van der Waals surface area contributed by atoms with Crippen molar-refractivity contribution in [3.05, 3.63) is 29.8 Å². The molecule has 0 saturated carbocycles. The van der Waals surface area contributed by atoms with E-state index < -0.39 is 22.9 Å². The van der Waals surface area contributed by atoms with Crippen LogP contribution >= 0.6 is 11.8 Å². The van der Waals surface area contributed by atoms with E-state index in [0.717, 1.165) is 0 Å². The van der Waals surface area contributed by atoms with E-state index in [1.807, 2.05) is 6.92 Å². The molecule has 0 aliphatic rings. The van der Waals surface area contributed by atoms with Gasteiger partial charge in [0.2, 0.25) is 0 Å². The second-order valence-electron chi connectivity index (χ2n) is 5.10. The maximum atomic E-state index is 12.3. The molecule has 0 aromatic heterocycles. The normalized spacial score (nSPS) is 14.0. The number of methoxy groups -OCH3 is 1. The Morgan fingerprint density at radius 2 is 1.78 bits per heavy atom. The average Bonchev–Trinajstić information content (AvgIpc) is 2.45. The van der Waals surface area contributed by atoms with Gasteiger partial charge < -0.3 is 10.1 Å². The summed E-state index contributed by atoms with van der Waals surface area (Å²) in [5.74, 6) is -1.12. The Morgan fingerprint density at radius 3 is 2.22 bits per heavy atom. The van der Waals surface area contributed by atoms with Crippen LogP contribution in [0.5, 0.6) is 0 Å². The summed E-state index contributed by atoms with van der Waals surface area (Å²) in [6, 6.07) is 4.99. The van der Waals surface area contributed by atoms with E-state index in [9.17, 15) is 22.8 Å². The van der Waals surface area contributed by atoms with Crippen LogP contribution in [0, 0.1) is 0 Å². The smallest absolute Gasteiger partial charge is 0.446 e. The van der Waals surface area contributed by atoms with Gasteiger partial charge in [-0.1, -0.05) is 13.3 Å². The van der Waals surface area contributed by atoms with Crippen LogP contribution in [0.2, 0.25) is 0 Å². The summed E-state index contributed by atoms with van der Waals surface area (Å²) in [7, 11) is 1.23. The minimum atomic E-state index is -4.38. The Hall–Kier alpha value is -1.70. The fourth-order valence-corrected chi connectivity index (χ4v) is 2.61. The molecule has 1 unspecified atom stereocenters. The third-order valence-electron chi connectivity index (χ3n) is 3.13. The molecule has 0 radical (unpaired) electrons. The number of esters is 1. The minimum Gasteiger partial charge on any atom is -0.467 e. The fourth-order valence-electron chi connectivity index (χ4n) is 2.07. The number of hydrogen-bond donors (Lipinski definition) is 1. The number of carbonyl (C=O) groups excluding carboxylic acids is 2. The standard InChI is InChI=1S/C15H18F3NO3S/c1-4-9-14(2,13(21)22-3)19-12(20)10-5-7-11(8-6-10)23-15(16,17)18/h5-8H,4,9H2,1-3H3,(H,19,20). The van der Waals surface area contributed by atoms with Gasteiger partial charge in [-0.05, 0) is 49.4 Å². The van der Waals surface area contributed by atoms with Crippen molar-refractivity contribution in [3.63, 3.8) is 0 Å². The van der Waals surface area contributed by atoms with E-state index >= 15 is 0 Å². The molecule has 4 nitrogen and oxygen atoms in total. The van der Waals surface area contributed by atoms with Crippen LogP contribution in [0.4, 0.5) is 13.2 Å². The van der Waals surface area contributed by atoms with Crippen molar-refractivity contribution in [1.29, 1.82) is 0 Å². The topological polar surface area (TPSA) is 55.4 Å². The molecule has 1 aromatic rings. The molecule has 128 valence electrons. The molecule has 1 aromatic carbocycles. The van der Waals surface area contributed by atoms with Crippen LogP contribution < -0.4 is 5.32 Å². The summed E-state index contributed by atoms with van der Waals surface area (Å²) in [5.41, 5.74) is -5.39. The third kappa shape index (κ3) is 5.78. The number of benzene rings is 1. The van der Waals surface area contributed by atoms with Crippen LogP contribution in [0.25, 0.3) is 0 Å². The lowest BCUT2D eigenvalue weighted by Gasteiger charge is -2.27. The molecule has 0 spiro atoms. The first-order valence-corrected chi connectivity index (χ1v) is 7.69. The third-order valence-corrected chi connectivity index (χ3v) is 3.86. The SMILES string of the molecule is CCCC(C)(NC(=O)c1ccc(SC(F)(F)F)cc1)C(=O)OC. The lowest BCUT2D eigenvalue weighted by molar-refractivity contribution is -0.147. The maximum Gasteiger partial charge on any atom is 0.446 e. The number of hydrogen-bond acceptors (Lipinski definition) is 4. The van der Waals surface area contributed by atoms with Gasteiger partial charge in [0.25, 0.3) is 5.91 Å². The zero-order valence-electron chi connectivity index (χ0n) is 13.0. The summed E-state index contributed by atoms with van der Waals surface area (Å²) in [6.07, 6.45) is 1.03. The predicted molar refractivity (Wildman–Crippen MR) is 81.1 cm³/mol. The Morgan fingerprint density at radius 1 is 1.22 bits per heavy atom. The van der Waals surface area contributed by atoms with Crippen LogP contribution in [0.1, 0.15) is 37.0 Å². The quantitative estimate of drug-likeness (QED) is 0.628. The summed E-state index contributed by atoms with van der Waals surface area (Å²) < 4.78 is 41.5. The number of nitrogens with one attached hydrogen (secondary N) is 1. The Kier molecular flexibility index (Phi) is 6.49. The molecule has 1 N–H and O–H groups in total. The van der Waals surface area contributed by atoms with Crippen molar-refractivity contribution in [2.45, 2.75) is 42.6 Å². The van der Waals surface area contributed by atoms with E-state index in [0.29, 0.717) is 12.8 Å². The zero-order valence-corrected chi connectivity index (χ0v) is 13.8. The molecule has 1 amide bonds. The Balaban J connectivity index is 2.86. The summed E-state index contributed by atoms with van der Waals surface area (Å²) in [4.78, 5) is 24.0. The highest BCUT2D eigenvalue weighted by molar-refractivity contribution is 8.00. The molecular formula is C15H18F3NO3S. The number of amides is 1. The van der Waals surface area contributed by atoms with Crippen LogP contribution in [0.15, 0.2) is 29.2 Å². The van der Waals surface area contributed by atoms with Gasteiger partial charge >= 0.3 is 11.5 Å². The van der Waals surface area contributed by atoms with E-state index in [-0.39, 0.29) is 22.2 Å². The van der Waals surface area contributed by atoms with Gasteiger partial charge in [0.15, 0.2) is 0 Å². The van der Waals surface area contributed by atoms with E-state index in [1.165, 1.54) is 31.4 Å². The van der Waals surface area contributed by atoms with Crippen molar-refractivity contribution in [3.8, 4) is 0 Å². The molecule has 8 heteroatoms. The lowest BCUT2D eigenvalue weighted by Crippen LogP contribution is -2.52. The molecular weight excluding hydrogens is 331 g/mol. The number of alkyl halides is 3. The monoisotopic (exact) mass is 349 g/mol. The molecule has 0 aliphatic carbocycles. The molecule has 1 rings (SSSR count). The van der Waals surface area contributed by atoms with E-state index in [1.54, 1.807) is 6.92 Å². The average molecular weight is 349 g/mol. The van der Waals surface area contributed by atoms with Crippen LogP contribution in [-0.2, 0) is 9.53 Å². The summed E-state index contributed by atoms with van der Waals surface area (Å²) in [6.45, 7) is 3.41. The first kappa shape index (κ1) is 19.3. The van der Waals surface area contributed by atoms with Gasteiger partial charge in [0.05, 0.1) is 7.11 Å². The van der Waals surface area contributed by atoms with Gasteiger partial charge in [-0.25, -0.2) is 4.79 Å². The van der Waals surface area contributed by atoms with Crippen molar-refractivity contribution in [2.75, 3.05) is 7.11 Å². The largest absolute Gasteiger partial charge is 0.467 e. The summed E-state index contributed by atoms with van der Waals surface area (Å²) >= 11 is -0.255. The first-order valence-electron chi connectivity index (χ1n) is 6.88. The number of halogens is 3. The fraction of sp³-hybridized carbons (Fsp3) is 0.467. The number of rotatable bonds is 6. The second kappa shape index (κ2) is 7.72. The number of ether oxygens (including phenoxy) is 1. The highest BCUT2D eigenvalue weighted by atomic mass is 32.2. The predicted octanol–water partition coefficient (Wildman–Crippen LogP) is 3.76. The highest BCUT2D eigenvalue weighted by Crippen LogP contribution is 2.36. The molecule has 0 heterocycles. The van der Waals surface area contributed by atoms with E-state index in [2.05, 4.69) is 5.32 Å². The van der Waals surface area contributed by atoms with E-state index in [4.69, 9.17) is 4.74 Å². The Labute approximate surface area is 136 Å². The molecule has 1 atom stereocenters. The van der Waals surface area contributed by atoms with Crippen molar-refractivity contribution >= 4 is 23.6 Å². The van der Waals surface area contributed by atoms with Crippen molar-refractivity contribution < 1.29 is 27.5 Å². The Bertz CT molecular complexity index is 560. The highest BCUT2D eigenvalue weighted by Gasteiger charge is 2.35. The van der Waals surface area contributed by atoms with Crippen molar-refractivity contribution in [2.24, 2.45) is 0 Å². The molecule has 23 heavy (non-hydrogen) atoms. The van der Waals surface area contributed by atoms with Gasteiger partial charge in [-0.15, -0.1) is 0 Å². The maximum absolute atomic E-state index is 12.3. The minimum absolute atomic E-state index is 0.0154. The van der Waals surface area contributed by atoms with Gasteiger partial charge in [0, 0.05) is 10.5 Å².